The second kappa shape index (κ2) is 9.22. The zero-order valence-corrected chi connectivity index (χ0v) is 18.2. The zero-order chi connectivity index (χ0) is 21.8. The Morgan fingerprint density at radius 1 is 1.10 bits per heavy atom. The maximum absolute atomic E-state index is 12.6. The lowest BCUT2D eigenvalue weighted by atomic mass is 9.89. The average Bonchev–Trinajstić information content (AvgIpc) is 2.68. The Hall–Kier alpha value is -2.99. The summed E-state index contributed by atoms with van der Waals surface area (Å²) < 4.78 is 11.1. The van der Waals surface area contributed by atoms with Gasteiger partial charge < -0.3 is 20.1 Å². The highest BCUT2D eigenvalue weighted by molar-refractivity contribution is 6.30. The monoisotopic (exact) mass is 428 g/mol. The average molecular weight is 429 g/mol. The van der Waals surface area contributed by atoms with Gasteiger partial charge in [-0.3, -0.25) is 0 Å². The quantitative estimate of drug-likeness (QED) is 0.652. The Balaban J connectivity index is 1.94. The third kappa shape index (κ3) is 4.76. The number of benzene rings is 2. The number of aryl methyl sites for hydroxylation is 2. The third-order valence-corrected chi connectivity index (χ3v) is 5.26. The predicted octanol–water partition coefficient (Wildman–Crippen LogP) is 4.73. The van der Waals surface area contributed by atoms with Gasteiger partial charge in [0.05, 0.1) is 18.2 Å². The molecular weight excluding hydrogens is 404 g/mol. The molecule has 6 nitrogen and oxygen atoms in total. The lowest BCUT2D eigenvalue weighted by molar-refractivity contribution is -0.139. The molecule has 158 valence electrons. The highest BCUT2D eigenvalue weighted by Crippen LogP contribution is 2.32. The van der Waals surface area contributed by atoms with Gasteiger partial charge in [-0.05, 0) is 80.3 Å². The summed E-state index contributed by atoms with van der Waals surface area (Å²) in [6, 6.07) is 10.2. The van der Waals surface area contributed by atoms with Crippen molar-refractivity contribution in [2.45, 2.75) is 40.3 Å². The molecule has 2 N–H and O–H groups in total. The highest BCUT2D eigenvalue weighted by Gasteiger charge is 2.33. The van der Waals surface area contributed by atoms with Crippen LogP contribution in [0.2, 0.25) is 5.02 Å². The third-order valence-electron chi connectivity index (χ3n) is 5.01. The largest absolute Gasteiger partial charge is 0.489 e. The van der Waals surface area contributed by atoms with Gasteiger partial charge in [0.1, 0.15) is 12.4 Å². The fourth-order valence-electron chi connectivity index (χ4n) is 3.48. The molecule has 2 amide bonds. The smallest absolute Gasteiger partial charge is 0.338 e. The first-order valence-corrected chi connectivity index (χ1v) is 10.1. The van der Waals surface area contributed by atoms with Crippen LogP contribution in [0.1, 0.15) is 42.1 Å². The first-order chi connectivity index (χ1) is 14.3. The number of urea groups is 1. The van der Waals surface area contributed by atoms with Crippen LogP contribution in [0, 0.1) is 13.8 Å². The van der Waals surface area contributed by atoms with E-state index in [1.807, 2.05) is 38.1 Å². The zero-order valence-electron chi connectivity index (χ0n) is 17.5. The number of carbonyl (C=O) groups excluding carboxylic acids is 2. The summed E-state index contributed by atoms with van der Waals surface area (Å²) >= 11 is 5.93. The Kier molecular flexibility index (Phi) is 6.67. The molecule has 1 atom stereocenters. The van der Waals surface area contributed by atoms with E-state index < -0.39 is 12.0 Å². The number of carbonyl (C=O) groups is 2. The van der Waals surface area contributed by atoms with Crippen molar-refractivity contribution in [2.24, 2.45) is 0 Å². The normalized spacial score (nSPS) is 16.0. The number of nitrogens with one attached hydrogen (secondary N) is 2. The molecule has 2 aromatic rings. The number of hydrogen-bond acceptors (Lipinski definition) is 4. The molecule has 0 aromatic heterocycles. The van der Waals surface area contributed by atoms with Gasteiger partial charge in [0.2, 0.25) is 0 Å². The van der Waals surface area contributed by atoms with Crippen molar-refractivity contribution in [3.8, 4) is 5.75 Å². The number of ether oxygens (including phenoxy) is 2. The maximum Gasteiger partial charge on any atom is 0.338 e. The summed E-state index contributed by atoms with van der Waals surface area (Å²) in [5.41, 5.74) is 4.69. The standard InChI is InChI=1S/C23H25ClN2O4/c1-5-29-22(27)20-15(4)25-23(28)26-21(20)19-11-16(13(2)10-14(19)3)12-30-18-8-6-17(24)7-9-18/h6-11,21H,5,12H2,1-4H3,(H2,25,26,28). The van der Waals surface area contributed by atoms with Gasteiger partial charge in [-0.15, -0.1) is 0 Å². The molecule has 0 saturated heterocycles. The van der Waals surface area contributed by atoms with Gasteiger partial charge in [0.15, 0.2) is 0 Å². The topological polar surface area (TPSA) is 76.7 Å². The van der Waals surface area contributed by atoms with E-state index in [4.69, 9.17) is 21.1 Å². The SMILES string of the molecule is CCOC(=O)C1=C(C)NC(=O)NC1c1cc(COc2ccc(Cl)cc2)c(C)cc1C. The molecule has 0 saturated carbocycles. The van der Waals surface area contributed by atoms with Crippen LogP contribution in [0.25, 0.3) is 0 Å². The highest BCUT2D eigenvalue weighted by atomic mass is 35.5. The molecule has 0 fully saturated rings. The van der Waals surface area contributed by atoms with Crippen molar-refractivity contribution in [1.82, 2.24) is 10.6 Å². The molecular formula is C23H25ClN2O4. The van der Waals surface area contributed by atoms with Crippen LogP contribution >= 0.6 is 11.6 Å². The number of esters is 1. The van der Waals surface area contributed by atoms with Gasteiger partial charge >= 0.3 is 12.0 Å². The molecule has 1 unspecified atom stereocenters. The molecule has 0 aliphatic carbocycles. The molecule has 2 aromatic carbocycles. The molecule has 0 bridgehead atoms. The number of rotatable bonds is 6. The summed E-state index contributed by atoms with van der Waals surface area (Å²) in [7, 11) is 0. The minimum atomic E-state index is -0.604. The molecule has 7 heteroatoms. The van der Waals surface area contributed by atoms with Crippen LogP contribution in [-0.4, -0.2) is 18.6 Å². The summed E-state index contributed by atoms with van der Waals surface area (Å²) in [5, 5.41) is 6.16. The fraction of sp³-hybridized carbons (Fsp3) is 0.304. The van der Waals surface area contributed by atoms with E-state index in [1.165, 1.54) is 0 Å². The molecule has 1 aliphatic heterocycles. The lowest BCUT2D eigenvalue weighted by Crippen LogP contribution is -2.45. The molecule has 1 heterocycles. The lowest BCUT2D eigenvalue weighted by Gasteiger charge is -2.29. The summed E-state index contributed by atoms with van der Waals surface area (Å²) in [4.78, 5) is 24.7. The van der Waals surface area contributed by atoms with Crippen molar-refractivity contribution in [3.05, 3.63) is 74.9 Å². The van der Waals surface area contributed by atoms with Crippen molar-refractivity contribution in [1.29, 1.82) is 0 Å². The number of hydrogen-bond donors (Lipinski definition) is 2. The van der Waals surface area contributed by atoms with Crippen molar-refractivity contribution >= 4 is 23.6 Å². The van der Waals surface area contributed by atoms with Crippen LogP contribution in [0.15, 0.2) is 47.7 Å². The summed E-state index contributed by atoms with van der Waals surface area (Å²) in [6.07, 6.45) is 0. The summed E-state index contributed by atoms with van der Waals surface area (Å²) in [5.74, 6) is 0.255. The van der Waals surface area contributed by atoms with Crippen LogP contribution < -0.4 is 15.4 Å². The Labute approximate surface area is 181 Å². The molecule has 3 rings (SSSR count). The first kappa shape index (κ1) is 21.7. The van der Waals surface area contributed by atoms with E-state index in [1.54, 1.807) is 26.0 Å². The minimum Gasteiger partial charge on any atom is -0.489 e. The van der Waals surface area contributed by atoms with Crippen molar-refractivity contribution in [3.63, 3.8) is 0 Å². The fourth-order valence-corrected chi connectivity index (χ4v) is 3.61. The van der Waals surface area contributed by atoms with Crippen LogP contribution in [0.4, 0.5) is 4.79 Å². The van der Waals surface area contributed by atoms with E-state index in [9.17, 15) is 9.59 Å². The second-order valence-corrected chi connectivity index (χ2v) is 7.60. The van der Waals surface area contributed by atoms with Crippen LogP contribution in [-0.2, 0) is 16.1 Å². The van der Waals surface area contributed by atoms with E-state index in [-0.39, 0.29) is 12.6 Å². The second-order valence-electron chi connectivity index (χ2n) is 7.17. The van der Waals surface area contributed by atoms with Crippen molar-refractivity contribution < 1.29 is 19.1 Å². The first-order valence-electron chi connectivity index (χ1n) is 9.74. The van der Waals surface area contributed by atoms with Gasteiger partial charge in [0, 0.05) is 10.7 Å². The van der Waals surface area contributed by atoms with Crippen molar-refractivity contribution in [2.75, 3.05) is 6.61 Å². The number of halogens is 1. The Bertz CT molecular complexity index is 999. The van der Waals surface area contributed by atoms with Gasteiger partial charge in [0.25, 0.3) is 0 Å². The van der Waals surface area contributed by atoms with Gasteiger partial charge in [-0.2, -0.15) is 0 Å². The Morgan fingerprint density at radius 2 is 1.80 bits per heavy atom. The molecule has 0 radical (unpaired) electrons. The number of amides is 2. The van der Waals surface area contributed by atoms with Crippen LogP contribution in [0.3, 0.4) is 0 Å². The van der Waals surface area contributed by atoms with E-state index >= 15 is 0 Å². The van der Waals surface area contributed by atoms with Gasteiger partial charge in [-0.1, -0.05) is 17.7 Å². The molecule has 0 spiro atoms. The molecule has 1 aliphatic rings. The maximum atomic E-state index is 12.6. The van der Waals surface area contributed by atoms with E-state index in [2.05, 4.69) is 10.6 Å². The van der Waals surface area contributed by atoms with E-state index in [0.29, 0.717) is 28.6 Å². The van der Waals surface area contributed by atoms with Crippen LogP contribution in [0.5, 0.6) is 5.75 Å². The summed E-state index contributed by atoms with van der Waals surface area (Å²) in [6.45, 7) is 8.01. The molecule has 30 heavy (non-hydrogen) atoms. The Morgan fingerprint density at radius 3 is 2.47 bits per heavy atom. The van der Waals surface area contributed by atoms with Gasteiger partial charge in [-0.25, -0.2) is 9.59 Å². The number of allylic oxidation sites excluding steroid dienone is 1. The minimum absolute atomic E-state index is 0.253. The van der Waals surface area contributed by atoms with E-state index in [0.717, 1.165) is 22.3 Å². The predicted molar refractivity (Wildman–Crippen MR) is 115 cm³/mol.